The van der Waals surface area contributed by atoms with Gasteiger partial charge < -0.3 is 9.32 Å². The van der Waals surface area contributed by atoms with Crippen LogP contribution in [-0.4, -0.2) is 16.8 Å². The average Bonchev–Trinajstić information content (AvgIpc) is 2.92. The summed E-state index contributed by atoms with van der Waals surface area (Å²) in [7, 11) is 0. The molecule has 14 heavy (non-hydrogen) atoms. The van der Waals surface area contributed by atoms with E-state index in [1.165, 1.54) is 6.08 Å². The molecule has 3 nitrogen and oxygen atoms in total. The zero-order valence-electron chi connectivity index (χ0n) is 7.98. The largest absolute Gasteiger partial charge is 0.467 e. The fraction of sp³-hybridized carbons (Fsp3) is 0.364. The summed E-state index contributed by atoms with van der Waals surface area (Å²) in [5.41, 5.74) is 0. The van der Waals surface area contributed by atoms with E-state index < -0.39 is 0 Å². The van der Waals surface area contributed by atoms with Gasteiger partial charge >= 0.3 is 0 Å². The first-order chi connectivity index (χ1) is 6.81. The molecule has 0 N–H and O–H groups in total. The normalized spacial score (nSPS) is 15.1. The van der Waals surface area contributed by atoms with Gasteiger partial charge in [-0.3, -0.25) is 4.79 Å². The average molecular weight is 191 g/mol. The van der Waals surface area contributed by atoms with Crippen LogP contribution in [0.4, 0.5) is 0 Å². The number of hydrogen-bond acceptors (Lipinski definition) is 2. The van der Waals surface area contributed by atoms with E-state index in [2.05, 4.69) is 6.58 Å². The highest BCUT2D eigenvalue weighted by Gasteiger charge is 2.31. The topological polar surface area (TPSA) is 33.5 Å². The molecule has 0 aromatic carbocycles. The van der Waals surface area contributed by atoms with E-state index in [0.29, 0.717) is 12.6 Å². The van der Waals surface area contributed by atoms with E-state index in [-0.39, 0.29) is 5.91 Å². The summed E-state index contributed by atoms with van der Waals surface area (Å²) in [6, 6.07) is 4.11. The molecule has 0 saturated heterocycles. The van der Waals surface area contributed by atoms with E-state index in [4.69, 9.17) is 4.42 Å². The first-order valence-electron chi connectivity index (χ1n) is 4.76. The number of hydrogen-bond donors (Lipinski definition) is 0. The predicted octanol–water partition coefficient (Wildman–Crippen LogP) is 1.96. The SMILES string of the molecule is C=CC(=O)N(Cc1ccco1)C1CC1. The van der Waals surface area contributed by atoms with E-state index in [1.54, 1.807) is 6.26 Å². The maximum Gasteiger partial charge on any atom is 0.246 e. The highest BCUT2D eigenvalue weighted by molar-refractivity contribution is 5.87. The molecule has 0 bridgehead atoms. The Morgan fingerprint density at radius 3 is 3.00 bits per heavy atom. The molecule has 1 heterocycles. The molecule has 0 spiro atoms. The highest BCUT2D eigenvalue weighted by atomic mass is 16.3. The zero-order chi connectivity index (χ0) is 9.97. The lowest BCUT2D eigenvalue weighted by atomic mass is 10.3. The van der Waals surface area contributed by atoms with E-state index in [0.717, 1.165) is 18.6 Å². The van der Waals surface area contributed by atoms with Crippen LogP contribution in [0.1, 0.15) is 18.6 Å². The number of nitrogens with zero attached hydrogens (tertiary/aromatic N) is 1. The summed E-state index contributed by atoms with van der Waals surface area (Å²) in [5.74, 6) is 0.816. The predicted molar refractivity (Wildman–Crippen MR) is 52.5 cm³/mol. The van der Waals surface area contributed by atoms with Crippen LogP contribution < -0.4 is 0 Å². The third kappa shape index (κ3) is 1.87. The maximum atomic E-state index is 11.5. The molecule has 1 saturated carbocycles. The molecule has 2 rings (SSSR count). The second kappa shape index (κ2) is 3.70. The molecule has 0 atom stereocenters. The monoisotopic (exact) mass is 191 g/mol. The molecule has 0 radical (unpaired) electrons. The zero-order valence-corrected chi connectivity index (χ0v) is 7.98. The van der Waals surface area contributed by atoms with Crippen molar-refractivity contribution in [1.29, 1.82) is 0 Å². The van der Waals surface area contributed by atoms with Crippen LogP contribution >= 0.6 is 0 Å². The van der Waals surface area contributed by atoms with Crippen LogP contribution in [0.3, 0.4) is 0 Å². The van der Waals surface area contributed by atoms with Crippen molar-refractivity contribution in [2.24, 2.45) is 0 Å². The van der Waals surface area contributed by atoms with Crippen LogP contribution in [0.5, 0.6) is 0 Å². The first kappa shape index (κ1) is 9.06. The van der Waals surface area contributed by atoms with Gasteiger partial charge in [-0.25, -0.2) is 0 Å². The van der Waals surface area contributed by atoms with Gasteiger partial charge in [-0.15, -0.1) is 0 Å². The van der Waals surface area contributed by atoms with Gasteiger partial charge in [-0.05, 0) is 31.1 Å². The van der Waals surface area contributed by atoms with Crippen molar-refractivity contribution in [3.63, 3.8) is 0 Å². The van der Waals surface area contributed by atoms with Gasteiger partial charge in [0.1, 0.15) is 5.76 Å². The Kier molecular flexibility index (Phi) is 2.39. The Balaban J connectivity index is 2.04. The van der Waals surface area contributed by atoms with Crippen molar-refractivity contribution in [3.05, 3.63) is 36.8 Å². The van der Waals surface area contributed by atoms with Gasteiger partial charge in [0.25, 0.3) is 0 Å². The lowest BCUT2D eigenvalue weighted by Crippen LogP contribution is -2.30. The second-order valence-electron chi connectivity index (χ2n) is 3.48. The van der Waals surface area contributed by atoms with Gasteiger partial charge in [-0.2, -0.15) is 0 Å². The molecule has 0 unspecified atom stereocenters. The van der Waals surface area contributed by atoms with Crippen molar-refractivity contribution in [3.8, 4) is 0 Å². The van der Waals surface area contributed by atoms with Crippen molar-refractivity contribution < 1.29 is 9.21 Å². The molecular formula is C11H13NO2. The molecule has 1 fully saturated rings. The smallest absolute Gasteiger partial charge is 0.246 e. The Morgan fingerprint density at radius 1 is 1.71 bits per heavy atom. The second-order valence-corrected chi connectivity index (χ2v) is 3.48. The summed E-state index contributed by atoms with van der Waals surface area (Å²) in [4.78, 5) is 13.3. The molecular weight excluding hydrogens is 178 g/mol. The van der Waals surface area contributed by atoms with Crippen molar-refractivity contribution in [2.45, 2.75) is 25.4 Å². The molecule has 1 amide bonds. The number of carbonyl (C=O) groups is 1. The highest BCUT2D eigenvalue weighted by Crippen LogP contribution is 2.28. The Bertz CT molecular complexity index is 325. The molecule has 1 aromatic rings. The number of furan rings is 1. The third-order valence-corrected chi connectivity index (χ3v) is 2.35. The molecule has 0 aliphatic heterocycles. The molecule has 3 heteroatoms. The Labute approximate surface area is 83.0 Å². The fourth-order valence-corrected chi connectivity index (χ4v) is 1.46. The Morgan fingerprint density at radius 2 is 2.50 bits per heavy atom. The lowest BCUT2D eigenvalue weighted by molar-refractivity contribution is -0.127. The summed E-state index contributed by atoms with van der Waals surface area (Å²) in [5, 5.41) is 0. The molecule has 1 aliphatic rings. The van der Waals surface area contributed by atoms with E-state index in [1.807, 2.05) is 17.0 Å². The number of carbonyl (C=O) groups excluding carboxylic acids is 1. The Hall–Kier alpha value is -1.51. The molecule has 1 aliphatic carbocycles. The van der Waals surface area contributed by atoms with Gasteiger partial charge in [0.15, 0.2) is 0 Å². The van der Waals surface area contributed by atoms with Crippen LogP contribution in [0.2, 0.25) is 0 Å². The van der Waals surface area contributed by atoms with Crippen molar-refractivity contribution in [2.75, 3.05) is 0 Å². The van der Waals surface area contributed by atoms with Crippen LogP contribution in [0.25, 0.3) is 0 Å². The number of amides is 1. The van der Waals surface area contributed by atoms with Gasteiger partial charge in [0.05, 0.1) is 12.8 Å². The van der Waals surface area contributed by atoms with Gasteiger partial charge in [0.2, 0.25) is 5.91 Å². The minimum atomic E-state index is -0.0103. The quantitative estimate of drug-likeness (QED) is 0.681. The van der Waals surface area contributed by atoms with E-state index in [9.17, 15) is 4.79 Å². The summed E-state index contributed by atoms with van der Waals surface area (Å²) < 4.78 is 5.21. The lowest BCUT2D eigenvalue weighted by Gasteiger charge is -2.18. The van der Waals surface area contributed by atoms with Crippen LogP contribution in [0.15, 0.2) is 35.5 Å². The minimum Gasteiger partial charge on any atom is -0.467 e. The van der Waals surface area contributed by atoms with Crippen molar-refractivity contribution >= 4 is 5.91 Å². The van der Waals surface area contributed by atoms with Crippen LogP contribution in [0, 0.1) is 0 Å². The van der Waals surface area contributed by atoms with Crippen molar-refractivity contribution in [1.82, 2.24) is 4.90 Å². The summed E-state index contributed by atoms with van der Waals surface area (Å²) in [6.45, 7) is 4.06. The fourth-order valence-electron chi connectivity index (χ4n) is 1.46. The number of rotatable bonds is 4. The summed E-state index contributed by atoms with van der Waals surface area (Å²) >= 11 is 0. The molecule has 1 aromatic heterocycles. The standard InChI is InChI=1S/C11H13NO2/c1-2-11(13)12(9-5-6-9)8-10-4-3-7-14-10/h2-4,7,9H,1,5-6,8H2. The van der Waals surface area contributed by atoms with Gasteiger partial charge in [0, 0.05) is 6.04 Å². The maximum absolute atomic E-state index is 11.5. The minimum absolute atomic E-state index is 0.0103. The van der Waals surface area contributed by atoms with E-state index >= 15 is 0 Å². The molecule has 74 valence electrons. The first-order valence-corrected chi connectivity index (χ1v) is 4.76. The summed E-state index contributed by atoms with van der Waals surface area (Å²) in [6.07, 6.45) is 5.18. The van der Waals surface area contributed by atoms with Gasteiger partial charge in [-0.1, -0.05) is 6.58 Å². The van der Waals surface area contributed by atoms with Crippen LogP contribution in [-0.2, 0) is 11.3 Å². The third-order valence-electron chi connectivity index (χ3n) is 2.35.